The lowest BCUT2D eigenvalue weighted by molar-refractivity contribution is 1.33. The molecule has 0 spiro atoms. The minimum absolute atomic E-state index is 0.932. The molecule has 1 aliphatic heterocycles. The van der Waals surface area contributed by atoms with Crippen LogP contribution in [-0.2, 0) is 0 Å². The van der Waals surface area contributed by atoms with Crippen molar-refractivity contribution in [1.29, 1.82) is 0 Å². The van der Waals surface area contributed by atoms with Crippen LogP contribution in [0.25, 0.3) is 10.8 Å². The van der Waals surface area contributed by atoms with Gasteiger partial charge in [0.25, 0.3) is 0 Å². The first kappa shape index (κ1) is 8.86. The Morgan fingerprint density at radius 1 is 1.13 bits per heavy atom. The molecule has 0 saturated carbocycles. The topological polar surface area (TPSA) is 3.24 Å². The molecule has 74 valence electrons. The summed E-state index contributed by atoms with van der Waals surface area (Å²) in [7, 11) is 2.03. The summed E-state index contributed by atoms with van der Waals surface area (Å²) in [5.41, 5.74) is 3.74. The summed E-state index contributed by atoms with van der Waals surface area (Å²) < 4.78 is 0. The molecule has 0 radical (unpaired) electrons. The van der Waals surface area contributed by atoms with Crippen molar-refractivity contribution in [2.45, 2.75) is 6.92 Å². The molecule has 2 aromatic carbocycles. The molecule has 0 aliphatic carbocycles. The fraction of sp³-hybridized carbons (Fsp3) is 0.154. The maximum absolute atomic E-state index is 5.43. The van der Waals surface area contributed by atoms with Gasteiger partial charge in [0, 0.05) is 18.0 Å². The zero-order chi connectivity index (χ0) is 10.6. The van der Waals surface area contributed by atoms with Crippen LogP contribution in [0.3, 0.4) is 0 Å². The lowest BCUT2D eigenvalue weighted by atomic mass is 10.0. The highest BCUT2D eigenvalue weighted by Gasteiger charge is 2.23. The van der Waals surface area contributed by atoms with Crippen LogP contribution in [0.1, 0.15) is 11.1 Å². The van der Waals surface area contributed by atoms with Crippen LogP contribution in [0.5, 0.6) is 0 Å². The molecule has 0 N–H and O–H groups in total. The first-order valence-corrected chi connectivity index (χ1v) is 5.41. The summed E-state index contributed by atoms with van der Waals surface area (Å²) in [4.78, 5) is 3.02. The second kappa shape index (κ2) is 2.80. The number of thiocarbonyl (C=S) groups is 1. The van der Waals surface area contributed by atoms with Gasteiger partial charge in [0.2, 0.25) is 0 Å². The van der Waals surface area contributed by atoms with Gasteiger partial charge in [-0.15, -0.1) is 0 Å². The summed E-state index contributed by atoms with van der Waals surface area (Å²) in [5.74, 6) is 0. The van der Waals surface area contributed by atoms with Gasteiger partial charge in [-0.3, -0.25) is 0 Å². The third-order valence-corrected chi connectivity index (χ3v) is 3.63. The average Bonchev–Trinajstić information content (AvgIpc) is 2.50. The number of aryl methyl sites for hydroxylation is 1. The molecule has 0 amide bonds. The van der Waals surface area contributed by atoms with E-state index in [1.54, 1.807) is 0 Å². The van der Waals surface area contributed by atoms with E-state index in [1.165, 1.54) is 27.6 Å². The largest absolute Gasteiger partial charge is 0.335 e. The second-order valence-corrected chi connectivity index (χ2v) is 4.38. The van der Waals surface area contributed by atoms with Crippen LogP contribution in [0.15, 0.2) is 30.3 Å². The quantitative estimate of drug-likeness (QED) is 0.618. The highest BCUT2D eigenvalue weighted by atomic mass is 32.1. The first-order chi connectivity index (χ1) is 7.20. The molecule has 1 nitrogen and oxygen atoms in total. The number of hydrogen-bond acceptors (Lipinski definition) is 1. The SMILES string of the molecule is Cc1ccc2c3c(cccc13)C(=S)N2C. The summed E-state index contributed by atoms with van der Waals surface area (Å²) in [5, 5.41) is 2.63. The van der Waals surface area contributed by atoms with Crippen LogP contribution < -0.4 is 4.90 Å². The van der Waals surface area contributed by atoms with Gasteiger partial charge >= 0.3 is 0 Å². The highest BCUT2D eigenvalue weighted by Crippen LogP contribution is 2.37. The van der Waals surface area contributed by atoms with E-state index in [-0.39, 0.29) is 0 Å². The standard InChI is InChI=1S/C13H11NS/c1-8-6-7-11-12-9(8)4-3-5-10(12)13(15)14(11)2/h3-7H,1-2H3. The van der Waals surface area contributed by atoms with Gasteiger partial charge in [-0.2, -0.15) is 0 Å². The van der Waals surface area contributed by atoms with Crippen LogP contribution in [0, 0.1) is 6.92 Å². The van der Waals surface area contributed by atoms with Crippen molar-refractivity contribution in [2.24, 2.45) is 0 Å². The van der Waals surface area contributed by atoms with Crippen molar-refractivity contribution < 1.29 is 0 Å². The highest BCUT2D eigenvalue weighted by molar-refractivity contribution is 7.81. The van der Waals surface area contributed by atoms with Gasteiger partial charge in [0.05, 0.1) is 5.69 Å². The van der Waals surface area contributed by atoms with E-state index < -0.39 is 0 Å². The molecule has 0 bridgehead atoms. The van der Waals surface area contributed by atoms with Crippen molar-refractivity contribution in [3.05, 3.63) is 41.5 Å². The Bertz CT molecular complexity index is 586. The Balaban J connectivity index is 2.56. The summed E-state index contributed by atoms with van der Waals surface area (Å²) in [6, 6.07) is 10.7. The lowest BCUT2D eigenvalue weighted by Gasteiger charge is -2.12. The lowest BCUT2D eigenvalue weighted by Crippen LogP contribution is -2.19. The Morgan fingerprint density at radius 3 is 2.73 bits per heavy atom. The summed E-state index contributed by atoms with van der Waals surface area (Å²) in [6.45, 7) is 2.14. The van der Waals surface area contributed by atoms with Crippen molar-refractivity contribution in [3.8, 4) is 0 Å². The smallest absolute Gasteiger partial charge is 0.114 e. The molecular formula is C13H11NS. The molecule has 0 fully saturated rings. The molecule has 0 unspecified atom stereocenters. The first-order valence-electron chi connectivity index (χ1n) is 5.00. The zero-order valence-corrected chi connectivity index (χ0v) is 9.56. The molecule has 15 heavy (non-hydrogen) atoms. The molecule has 0 saturated heterocycles. The maximum atomic E-state index is 5.43. The normalized spacial score (nSPS) is 14.0. The third-order valence-electron chi connectivity index (χ3n) is 3.13. The van der Waals surface area contributed by atoms with E-state index in [4.69, 9.17) is 12.2 Å². The van der Waals surface area contributed by atoms with Gasteiger partial charge < -0.3 is 4.90 Å². The van der Waals surface area contributed by atoms with Crippen LogP contribution in [0.2, 0.25) is 0 Å². The van der Waals surface area contributed by atoms with Gasteiger partial charge in [0.1, 0.15) is 4.99 Å². The predicted molar refractivity (Wildman–Crippen MR) is 68.8 cm³/mol. The van der Waals surface area contributed by atoms with Gasteiger partial charge in [-0.25, -0.2) is 0 Å². The van der Waals surface area contributed by atoms with Crippen molar-refractivity contribution >= 4 is 33.7 Å². The molecule has 0 atom stereocenters. The average molecular weight is 213 g/mol. The van der Waals surface area contributed by atoms with E-state index >= 15 is 0 Å². The molecule has 2 aromatic rings. The Kier molecular flexibility index (Phi) is 1.65. The van der Waals surface area contributed by atoms with Gasteiger partial charge in [-0.1, -0.05) is 36.5 Å². The molecule has 2 heteroatoms. The fourth-order valence-corrected chi connectivity index (χ4v) is 2.55. The molecule has 3 rings (SSSR count). The monoisotopic (exact) mass is 213 g/mol. The van der Waals surface area contributed by atoms with E-state index in [1.807, 2.05) is 7.05 Å². The zero-order valence-electron chi connectivity index (χ0n) is 8.74. The van der Waals surface area contributed by atoms with Crippen LogP contribution >= 0.6 is 12.2 Å². The number of nitrogens with zero attached hydrogens (tertiary/aromatic N) is 1. The third kappa shape index (κ3) is 0.999. The number of hydrogen-bond donors (Lipinski definition) is 0. The van der Waals surface area contributed by atoms with E-state index in [2.05, 4.69) is 42.2 Å². The van der Waals surface area contributed by atoms with Crippen molar-refractivity contribution in [3.63, 3.8) is 0 Å². The maximum Gasteiger partial charge on any atom is 0.114 e. The molecule has 1 aliphatic rings. The molecule has 0 aromatic heterocycles. The van der Waals surface area contributed by atoms with Crippen LogP contribution in [-0.4, -0.2) is 12.0 Å². The molecule has 1 heterocycles. The Labute approximate surface area is 94.3 Å². The van der Waals surface area contributed by atoms with Crippen LogP contribution in [0.4, 0.5) is 5.69 Å². The van der Waals surface area contributed by atoms with Crippen molar-refractivity contribution in [2.75, 3.05) is 11.9 Å². The summed E-state index contributed by atoms with van der Waals surface area (Å²) >= 11 is 5.43. The number of anilines is 1. The predicted octanol–water partition coefficient (Wildman–Crippen LogP) is 3.27. The minimum Gasteiger partial charge on any atom is -0.335 e. The number of rotatable bonds is 0. The van der Waals surface area contributed by atoms with Crippen molar-refractivity contribution in [1.82, 2.24) is 0 Å². The molecular weight excluding hydrogens is 202 g/mol. The Morgan fingerprint density at radius 2 is 1.93 bits per heavy atom. The second-order valence-electron chi connectivity index (χ2n) is 3.99. The van der Waals surface area contributed by atoms with Gasteiger partial charge in [0.15, 0.2) is 0 Å². The fourth-order valence-electron chi connectivity index (χ4n) is 2.28. The summed E-state index contributed by atoms with van der Waals surface area (Å²) in [6.07, 6.45) is 0. The number of benzene rings is 2. The Hall–Kier alpha value is -1.41. The van der Waals surface area contributed by atoms with E-state index in [0.29, 0.717) is 0 Å². The van der Waals surface area contributed by atoms with Gasteiger partial charge in [-0.05, 0) is 23.9 Å². The minimum atomic E-state index is 0.932. The van der Waals surface area contributed by atoms with E-state index in [0.717, 1.165) is 4.99 Å². The van der Waals surface area contributed by atoms with E-state index in [9.17, 15) is 0 Å².